The number of benzene rings is 4. The van der Waals surface area contributed by atoms with Crippen molar-refractivity contribution in [1.82, 2.24) is 0 Å². The molecule has 1 fully saturated rings. The van der Waals surface area contributed by atoms with Gasteiger partial charge in [0.1, 0.15) is 0 Å². The van der Waals surface area contributed by atoms with Crippen LogP contribution in [-0.4, -0.2) is 5.66 Å². The van der Waals surface area contributed by atoms with Crippen LogP contribution in [0.2, 0.25) is 0 Å². The van der Waals surface area contributed by atoms with E-state index in [9.17, 15) is 0 Å². The second-order valence-corrected chi connectivity index (χ2v) is 12.1. The van der Waals surface area contributed by atoms with Gasteiger partial charge in [-0.3, -0.25) is 0 Å². The van der Waals surface area contributed by atoms with E-state index in [4.69, 9.17) is 0 Å². The van der Waals surface area contributed by atoms with E-state index in [1.165, 1.54) is 42.7 Å². The summed E-state index contributed by atoms with van der Waals surface area (Å²) < 4.78 is 0. The Balaban J connectivity index is 0.000000241. The molecule has 5 rings (SSSR count). The van der Waals surface area contributed by atoms with Crippen LogP contribution in [0.1, 0.15) is 32.1 Å². The molecule has 4 aromatic rings. The third-order valence-electron chi connectivity index (χ3n) is 5.84. The van der Waals surface area contributed by atoms with Gasteiger partial charge in [0.15, 0.2) is 0 Å². The fourth-order valence-corrected chi connectivity index (χ4v) is 8.36. The Hall–Kier alpha value is -1.29. The van der Waals surface area contributed by atoms with Crippen molar-refractivity contribution < 1.29 is 33.5 Å². The second kappa shape index (κ2) is 16.4. The monoisotopic (exact) mass is 591 g/mol. The zero-order valence-electron chi connectivity index (χ0n) is 19.3. The first kappa shape index (κ1) is 28.9. The summed E-state index contributed by atoms with van der Waals surface area (Å²) >= 11 is 0. The van der Waals surface area contributed by atoms with Gasteiger partial charge in [-0.15, -0.1) is 0 Å². The molecule has 0 atom stereocenters. The Morgan fingerprint density at radius 3 is 1.24 bits per heavy atom. The molecule has 0 unspecified atom stereocenters. The van der Waals surface area contributed by atoms with E-state index in [-0.39, 0.29) is 41.4 Å². The Bertz CT molecular complexity index is 947. The molecule has 0 bridgehead atoms. The quantitative estimate of drug-likeness (QED) is 0.245. The molecule has 0 heterocycles. The number of rotatable bonds is 5. The zero-order chi connectivity index (χ0) is 21.8. The van der Waals surface area contributed by atoms with Crippen LogP contribution in [0.3, 0.4) is 0 Å². The molecule has 0 saturated heterocycles. The molecule has 0 radical (unpaired) electrons. The summed E-state index contributed by atoms with van der Waals surface area (Å²) in [5, 5.41) is 5.90. The molecule has 34 heavy (non-hydrogen) atoms. The van der Waals surface area contributed by atoms with Crippen LogP contribution in [0, 0.1) is 0 Å². The maximum Gasteiger partial charge on any atom is 0 e. The van der Waals surface area contributed by atoms with Crippen LogP contribution >= 0.6 is 16.5 Å². The first-order valence-electron chi connectivity index (χ1n) is 11.7. The fourth-order valence-electron chi connectivity index (χ4n) is 4.30. The van der Waals surface area contributed by atoms with Gasteiger partial charge in [0.05, 0.1) is 0 Å². The minimum atomic E-state index is -0.169. The number of halogens is 1. The maximum absolute atomic E-state index is 2.33. The van der Waals surface area contributed by atoms with Gasteiger partial charge in [0.25, 0.3) is 0 Å². The van der Waals surface area contributed by atoms with Crippen molar-refractivity contribution in [2.24, 2.45) is 0 Å². The molecule has 1 aliphatic rings. The van der Waals surface area contributed by atoms with Gasteiger partial charge >= 0.3 is 0 Å². The molecule has 4 heteroatoms. The van der Waals surface area contributed by atoms with Crippen molar-refractivity contribution in [2.45, 2.75) is 37.8 Å². The van der Waals surface area contributed by atoms with Crippen molar-refractivity contribution >= 4 is 37.7 Å². The van der Waals surface area contributed by atoms with Crippen LogP contribution < -0.4 is 38.2 Å². The molecule has 0 aromatic heterocycles. The molecule has 1 saturated carbocycles. The van der Waals surface area contributed by atoms with E-state index in [2.05, 4.69) is 121 Å². The first-order valence-corrected chi connectivity index (χ1v) is 14.1. The van der Waals surface area contributed by atoms with Gasteiger partial charge in [-0.05, 0) is 47.6 Å². The smallest absolute Gasteiger partial charge is 0 e. The van der Waals surface area contributed by atoms with Crippen molar-refractivity contribution in [3.63, 3.8) is 0 Å². The number of hydrogen-bond donors (Lipinski definition) is 0. The van der Waals surface area contributed by atoms with Gasteiger partial charge in [-0.2, -0.15) is 0 Å². The Labute approximate surface area is 229 Å². The standard InChI is InChI=1S/C18H21P.C12H11P.BrH.Ni/c1-4-10-16(11-5-1)19(17-12-6-2-7-13-17)18-14-8-3-9-15-18;1-3-7-11(8-4-1)13-12-9-5-2-6-10-12;;/h1-2,4-7,10-13,18H,3,8-9,14-15H2;1-10,13H;1H;/p-1. The summed E-state index contributed by atoms with van der Waals surface area (Å²) in [6.07, 6.45) is 7.10. The van der Waals surface area contributed by atoms with Gasteiger partial charge in [-0.1, -0.05) is 149 Å². The summed E-state index contributed by atoms with van der Waals surface area (Å²) in [5.41, 5.74) is 0.883. The molecule has 1 aliphatic carbocycles. The van der Waals surface area contributed by atoms with Gasteiger partial charge < -0.3 is 17.0 Å². The van der Waals surface area contributed by atoms with Crippen molar-refractivity contribution in [1.29, 1.82) is 0 Å². The van der Waals surface area contributed by atoms with Crippen molar-refractivity contribution in [3.8, 4) is 0 Å². The molecular weight excluding hydrogens is 561 g/mol. The molecule has 4 aromatic carbocycles. The Morgan fingerprint density at radius 2 is 0.853 bits per heavy atom. The predicted octanol–water partition coefficient (Wildman–Crippen LogP) is 3.77. The molecule has 0 aliphatic heterocycles. The summed E-state index contributed by atoms with van der Waals surface area (Å²) in [6, 6.07) is 43.5. The fraction of sp³-hybridized carbons (Fsp3) is 0.200. The van der Waals surface area contributed by atoms with E-state index < -0.39 is 0 Å². The van der Waals surface area contributed by atoms with E-state index in [1.54, 1.807) is 10.6 Å². The molecule has 0 N–H and O–H groups in total. The van der Waals surface area contributed by atoms with E-state index >= 15 is 0 Å². The largest absolute Gasteiger partial charge is 1.00 e. The summed E-state index contributed by atoms with van der Waals surface area (Å²) in [5.74, 6) is 0. The topological polar surface area (TPSA) is 0 Å². The van der Waals surface area contributed by atoms with Crippen LogP contribution in [0.5, 0.6) is 0 Å². The second-order valence-electron chi connectivity index (χ2n) is 8.19. The van der Waals surface area contributed by atoms with Gasteiger partial charge in [0.2, 0.25) is 0 Å². The minimum absolute atomic E-state index is 0. The zero-order valence-corrected chi connectivity index (χ0v) is 23.8. The Kier molecular flexibility index (Phi) is 14.0. The third-order valence-corrected chi connectivity index (χ3v) is 10.0. The molecular formula is C30H32BrNiP2-. The molecule has 0 spiro atoms. The summed E-state index contributed by atoms with van der Waals surface area (Å²) in [7, 11) is 0.608. The van der Waals surface area contributed by atoms with Gasteiger partial charge in [0, 0.05) is 16.5 Å². The SMILES string of the molecule is [Br-].[Ni].c1ccc(P(c2ccccc2)C2CCCCC2)cc1.c1ccc(Pc2ccccc2)cc1. The average molecular weight is 593 g/mol. The van der Waals surface area contributed by atoms with Crippen LogP contribution in [-0.2, 0) is 16.5 Å². The number of hydrogen-bond acceptors (Lipinski definition) is 0. The van der Waals surface area contributed by atoms with Crippen molar-refractivity contribution in [2.75, 3.05) is 0 Å². The summed E-state index contributed by atoms with van der Waals surface area (Å²) in [4.78, 5) is 0. The summed E-state index contributed by atoms with van der Waals surface area (Å²) in [6.45, 7) is 0. The normalized spacial score (nSPS) is 13.1. The van der Waals surface area contributed by atoms with E-state index in [1.807, 2.05) is 0 Å². The van der Waals surface area contributed by atoms with Crippen molar-refractivity contribution in [3.05, 3.63) is 121 Å². The predicted molar refractivity (Wildman–Crippen MR) is 146 cm³/mol. The van der Waals surface area contributed by atoms with Gasteiger partial charge in [-0.25, -0.2) is 0 Å². The first-order chi connectivity index (χ1) is 15.9. The van der Waals surface area contributed by atoms with Crippen LogP contribution in [0.4, 0.5) is 0 Å². The van der Waals surface area contributed by atoms with E-state index in [0.29, 0.717) is 0 Å². The Morgan fingerprint density at radius 1 is 0.500 bits per heavy atom. The minimum Gasteiger partial charge on any atom is -1.00 e. The van der Waals surface area contributed by atoms with Crippen LogP contribution in [0.15, 0.2) is 121 Å². The van der Waals surface area contributed by atoms with Crippen LogP contribution in [0.25, 0.3) is 0 Å². The third kappa shape index (κ3) is 9.06. The maximum atomic E-state index is 2.33. The average Bonchev–Trinajstić information content (AvgIpc) is 2.88. The van der Waals surface area contributed by atoms with E-state index in [0.717, 1.165) is 14.2 Å². The molecule has 0 amide bonds. The molecule has 0 nitrogen and oxygen atoms in total. The molecule has 180 valence electrons.